The molecule has 0 atom stereocenters. The Morgan fingerprint density at radius 2 is 1.69 bits per heavy atom. The molecule has 4 heteroatoms. The first-order valence-corrected chi connectivity index (χ1v) is 10.0. The average molecular weight is 388 g/mol. The Kier molecular flexibility index (Phi) is 6.13. The minimum absolute atomic E-state index is 0.531. The van der Waals surface area contributed by atoms with Gasteiger partial charge >= 0.3 is 0 Å². The van der Waals surface area contributed by atoms with E-state index in [2.05, 4.69) is 59.0 Å². The van der Waals surface area contributed by atoms with Gasteiger partial charge in [-0.05, 0) is 29.3 Å². The first-order valence-electron chi connectivity index (χ1n) is 10.0. The van der Waals surface area contributed by atoms with Gasteiger partial charge in [-0.25, -0.2) is 0 Å². The Bertz CT molecular complexity index is 1060. The van der Waals surface area contributed by atoms with Crippen LogP contribution in [0, 0.1) is 0 Å². The van der Waals surface area contributed by atoms with Gasteiger partial charge in [0.15, 0.2) is 11.5 Å². The van der Waals surface area contributed by atoms with E-state index in [0.29, 0.717) is 6.61 Å². The highest BCUT2D eigenvalue weighted by molar-refractivity contribution is 5.83. The highest BCUT2D eigenvalue weighted by Crippen LogP contribution is 2.31. The molecule has 0 aliphatic heterocycles. The number of benzene rings is 3. The molecule has 0 radical (unpaired) electrons. The minimum Gasteiger partial charge on any atom is -0.493 e. The van der Waals surface area contributed by atoms with Crippen LogP contribution in [0.4, 0.5) is 0 Å². The summed E-state index contributed by atoms with van der Waals surface area (Å²) in [6.07, 6.45) is 3.15. The molecule has 0 fully saturated rings. The molecule has 0 saturated carbocycles. The molecule has 1 aromatic heterocycles. The van der Waals surface area contributed by atoms with Crippen LogP contribution in [0.25, 0.3) is 10.9 Å². The second-order valence-corrected chi connectivity index (χ2v) is 7.11. The Balaban J connectivity index is 1.39. The van der Waals surface area contributed by atoms with Gasteiger partial charge in [0.05, 0.1) is 19.2 Å². The van der Waals surface area contributed by atoms with Gasteiger partial charge in [-0.1, -0.05) is 54.6 Å². The van der Waals surface area contributed by atoms with Crippen molar-refractivity contribution >= 4 is 10.9 Å². The summed E-state index contributed by atoms with van der Waals surface area (Å²) in [5.74, 6) is 1.62. The van der Waals surface area contributed by atoms with Crippen molar-refractivity contribution in [1.82, 2.24) is 4.98 Å². The first kappa shape index (κ1) is 19.1. The summed E-state index contributed by atoms with van der Waals surface area (Å²) in [5.41, 5.74) is 4.86. The highest BCUT2D eigenvalue weighted by Gasteiger charge is 2.12. The van der Waals surface area contributed by atoms with Crippen LogP contribution < -0.4 is 14.8 Å². The number of aromatic amines is 1. The molecule has 148 valence electrons. The first-order chi connectivity index (χ1) is 14.3. The van der Waals surface area contributed by atoms with Crippen molar-refractivity contribution in [3.05, 3.63) is 95.7 Å². The third-order valence-corrected chi connectivity index (χ3v) is 5.16. The number of rotatable bonds is 9. The monoisotopic (exact) mass is 387 g/mol. The second kappa shape index (κ2) is 9.30. The molecule has 1 heterocycles. The summed E-state index contributed by atoms with van der Waals surface area (Å²) in [5, 5.41) is 3.64. The number of quaternary nitrogens is 1. The van der Waals surface area contributed by atoms with E-state index in [9.17, 15) is 0 Å². The van der Waals surface area contributed by atoms with Crippen molar-refractivity contribution in [1.29, 1.82) is 0 Å². The summed E-state index contributed by atoms with van der Waals surface area (Å²) < 4.78 is 11.7. The van der Waals surface area contributed by atoms with E-state index in [1.165, 1.54) is 16.5 Å². The Labute approximate surface area is 171 Å². The zero-order valence-electron chi connectivity index (χ0n) is 16.7. The molecule has 4 aromatic rings. The zero-order valence-corrected chi connectivity index (χ0v) is 16.7. The van der Waals surface area contributed by atoms with E-state index >= 15 is 0 Å². The maximum absolute atomic E-state index is 6.16. The zero-order chi connectivity index (χ0) is 19.9. The van der Waals surface area contributed by atoms with Crippen LogP contribution in [0.3, 0.4) is 0 Å². The van der Waals surface area contributed by atoms with Crippen molar-refractivity contribution in [3.8, 4) is 11.5 Å². The number of hydrogen-bond acceptors (Lipinski definition) is 2. The molecule has 0 amide bonds. The molecule has 4 rings (SSSR count). The molecule has 0 aliphatic carbocycles. The van der Waals surface area contributed by atoms with Gasteiger partial charge in [-0.15, -0.1) is 0 Å². The highest BCUT2D eigenvalue weighted by atomic mass is 16.5. The number of nitrogens with one attached hydrogen (secondary N) is 1. The lowest BCUT2D eigenvalue weighted by molar-refractivity contribution is -0.670. The lowest BCUT2D eigenvalue weighted by Gasteiger charge is -2.14. The van der Waals surface area contributed by atoms with E-state index in [1.807, 2.05) is 30.3 Å². The molecule has 0 aliphatic rings. The van der Waals surface area contributed by atoms with Gasteiger partial charge in [0, 0.05) is 23.5 Å². The van der Waals surface area contributed by atoms with Crippen molar-refractivity contribution in [3.63, 3.8) is 0 Å². The SMILES string of the molecule is COc1cccc(C[NH2+]CCc2c[nH]c3ccccc23)c1OCc1ccccc1. The number of fused-ring (bicyclic) bond motifs is 1. The molecular formula is C25H27N2O2+. The second-order valence-electron chi connectivity index (χ2n) is 7.11. The Morgan fingerprint density at radius 1 is 0.862 bits per heavy atom. The average Bonchev–Trinajstić information content (AvgIpc) is 3.19. The largest absolute Gasteiger partial charge is 0.493 e. The van der Waals surface area contributed by atoms with Crippen LogP contribution in [-0.4, -0.2) is 18.6 Å². The van der Waals surface area contributed by atoms with Crippen LogP contribution in [0.2, 0.25) is 0 Å². The molecule has 3 aromatic carbocycles. The lowest BCUT2D eigenvalue weighted by atomic mass is 10.1. The summed E-state index contributed by atoms with van der Waals surface area (Å²) >= 11 is 0. The van der Waals surface area contributed by atoms with Gasteiger partial charge in [0.25, 0.3) is 0 Å². The predicted molar refractivity (Wildman–Crippen MR) is 116 cm³/mol. The molecule has 29 heavy (non-hydrogen) atoms. The summed E-state index contributed by atoms with van der Waals surface area (Å²) in [6.45, 7) is 2.39. The molecule has 0 saturated heterocycles. The molecular weight excluding hydrogens is 360 g/mol. The maximum atomic E-state index is 6.16. The van der Waals surface area contributed by atoms with Crippen LogP contribution >= 0.6 is 0 Å². The van der Waals surface area contributed by atoms with Gasteiger partial charge in [0.2, 0.25) is 0 Å². The molecule has 0 unspecified atom stereocenters. The number of ether oxygens (including phenoxy) is 2. The smallest absolute Gasteiger partial charge is 0.170 e. The number of hydrogen-bond donors (Lipinski definition) is 2. The van der Waals surface area contributed by atoms with E-state index in [0.717, 1.165) is 42.1 Å². The van der Waals surface area contributed by atoms with Crippen molar-refractivity contribution in [2.75, 3.05) is 13.7 Å². The van der Waals surface area contributed by atoms with Gasteiger partial charge in [0.1, 0.15) is 13.2 Å². The molecule has 3 N–H and O–H groups in total. The van der Waals surface area contributed by atoms with Gasteiger partial charge in [-0.3, -0.25) is 0 Å². The van der Waals surface area contributed by atoms with Crippen LogP contribution in [-0.2, 0) is 19.6 Å². The van der Waals surface area contributed by atoms with Crippen molar-refractivity contribution in [2.24, 2.45) is 0 Å². The van der Waals surface area contributed by atoms with E-state index in [-0.39, 0.29) is 0 Å². The van der Waals surface area contributed by atoms with E-state index in [4.69, 9.17) is 9.47 Å². The maximum Gasteiger partial charge on any atom is 0.170 e. The summed E-state index contributed by atoms with van der Waals surface area (Å²) in [6, 6.07) is 24.8. The number of methoxy groups -OCH3 is 1. The van der Waals surface area contributed by atoms with Crippen LogP contribution in [0.1, 0.15) is 16.7 Å². The summed E-state index contributed by atoms with van der Waals surface area (Å²) in [7, 11) is 1.69. The van der Waals surface area contributed by atoms with Crippen molar-refractivity contribution in [2.45, 2.75) is 19.6 Å². The molecule has 0 bridgehead atoms. The standard InChI is InChI=1S/C25H26N2O2/c1-28-24-13-7-10-21(25(24)29-18-19-8-3-2-4-9-19)16-26-15-14-20-17-27-23-12-6-5-11-22(20)23/h2-13,17,26-27H,14-16,18H2,1H3/p+1. The van der Waals surface area contributed by atoms with Crippen LogP contribution in [0.15, 0.2) is 79.0 Å². The van der Waals surface area contributed by atoms with Crippen molar-refractivity contribution < 1.29 is 14.8 Å². The number of aromatic nitrogens is 1. The third-order valence-electron chi connectivity index (χ3n) is 5.16. The minimum atomic E-state index is 0.531. The molecule has 4 nitrogen and oxygen atoms in total. The van der Waals surface area contributed by atoms with Crippen LogP contribution in [0.5, 0.6) is 11.5 Å². The lowest BCUT2D eigenvalue weighted by Crippen LogP contribution is -2.83. The number of nitrogens with two attached hydrogens (primary N) is 1. The predicted octanol–water partition coefficient (Wildman–Crippen LogP) is 4.06. The number of para-hydroxylation sites is 2. The van der Waals surface area contributed by atoms with Gasteiger partial charge < -0.3 is 19.8 Å². The Morgan fingerprint density at radius 3 is 2.55 bits per heavy atom. The number of H-pyrrole nitrogens is 1. The molecule has 0 spiro atoms. The fourth-order valence-electron chi connectivity index (χ4n) is 3.63. The van der Waals surface area contributed by atoms with Gasteiger partial charge in [-0.2, -0.15) is 0 Å². The van der Waals surface area contributed by atoms with E-state index < -0.39 is 0 Å². The van der Waals surface area contributed by atoms with E-state index in [1.54, 1.807) is 7.11 Å². The quantitative estimate of drug-likeness (QED) is 0.426. The summed E-state index contributed by atoms with van der Waals surface area (Å²) in [4.78, 5) is 3.35. The topological polar surface area (TPSA) is 50.9 Å². The fourth-order valence-corrected chi connectivity index (χ4v) is 3.63. The normalized spacial score (nSPS) is 10.9. The fraction of sp³-hybridized carbons (Fsp3) is 0.200. The Hall–Kier alpha value is -3.24. The third kappa shape index (κ3) is 4.61.